The van der Waals surface area contributed by atoms with Gasteiger partial charge in [0.25, 0.3) is 0 Å². The number of aliphatic carboxylic acids is 1. The molecule has 1 unspecified atom stereocenters. The van der Waals surface area contributed by atoms with Crippen LogP contribution in [0.3, 0.4) is 0 Å². The lowest BCUT2D eigenvalue weighted by Gasteiger charge is -2.37. The van der Waals surface area contributed by atoms with Crippen molar-refractivity contribution in [2.24, 2.45) is 0 Å². The lowest BCUT2D eigenvalue weighted by molar-refractivity contribution is -0.149. The molecular weight excluding hydrogens is 270 g/mol. The van der Waals surface area contributed by atoms with Gasteiger partial charge < -0.3 is 19.9 Å². The maximum absolute atomic E-state index is 12.0. The Hall–Kier alpha value is -1.75. The van der Waals surface area contributed by atoms with E-state index in [1.807, 2.05) is 45.9 Å². The third-order valence-corrected chi connectivity index (χ3v) is 4.04. The predicted molar refractivity (Wildman–Crippen MR) is 80.8 cm³/mol. The average molecular weight is 293 g/mol. The number of nitrogens with one attached hydrogen (secondary N) is 1. The Morgan fingerprint density at radius 3 is 2.48 bits per heavy atom. The van der Waals surface area contributed by atoms with E-state index in [0.717, 1.165) is 0 Å². The molecule has 1 aliphatic heterocycles. The maximum Gasteiger partial charge on any atom is 0.332 e. The van der Waals surface area contributed by atoms with Crippen LogP contribution in [0, 0.1) is 0 Å². The minimum atomic E-state index is -1.19. The van der Waals surface area contributed by atoms with Crippen molar-refractivity contribution >= 4 is 11.7 Å². The molecule has 21 heavy (non-hydrogen) atoms. The molecule has 0 aliphatic carbocycles. The summed E-state index contributed by atoms with van der Waals surface area (Å²) in [4.78, 5) is 12.0. The first-order valence-electron chi connectivity index (χ1n) is 6.98. The zero-order valence-electron chi connectivity index (χ0n) is 13.2. The van der Waals surface area contributed by atoms with Crippen molar-refractivity contribution in [1.82, 2.24) is 0 Å². The van der Waals surface area contributed by atoms with E-state index in [9.17, 15) is 9.90 Å². The monoisotopic (exact) mass is 293 g/mol. The number of anilines is 1. The van der Waals surface area contributed by atoms with Crippen molar-refractivity contribution in [1.29, 1.82) is 0 Å². The standard InChI is InChI=1S/C16H23NO4/c1-14(2)10-16(13(18)19,15(3,4)21-14)17-11-7-6-8-12(9-11)20-5/h6-9,17H,10H2,1-5H3,(H,18,19). The topological polar surface area (TPSA) is 67.8 Å². The number of rotatable bonds is 4. The highest BCUT2D eigenvalue weighted by molar-refractivity contribution is 5.85. The number of hydrogen-bond donors (Lipinski definition) is 2. The summed E-state index contributed by atoms with van der Waals surface area (Å²) in [7, 11) is 1.58. The molecule has 5 heteroatoms. The van der Waals surface area contributed by atoms with Crippen molar-refractivity contribution < 1.29 is 19.4 Å². The summed E-state index contributed by atoms with van der Waals surface area (Å²) in [6.45, 7) is 7.44. The molecule has 116 valence electrons. The minimum absolute atomic E-state index is 0.375. The molecule has 2 rings (SSSR count). The number of hydrogen-bond acceptors (Lipinski definition) is 4. The molecule has 1 saturated heterocycles. The van der Waals surface area contributed by atoms with Crippen LogP contribution >= 0.6 is 0 Å². The Morgan fingerprint density at radius 2 is 2.00 bits per heavy atom. The highest BCUT2D eigenvalue weighted by Gasteiger charge is 2.62. The average Bonchev–Trinajstić information content (AvgIpc) is 2.55. The van der Waals surface area contributed by atoms with Crippen molar-refractivity contribution in [2.75, 3.05) is 12.4 Å². The van der Waals surface area contributed by atoms with E-state index in [2.05, 4.69) is 5.32 Å². The number of ether oxygens (including phenoxy) is 2. The van der Waals surface area contributed by atoms with E-state index in [1.54, 1.807) is 13.2 Å². The predicted octanol–water partition coefficient (Wildman–Crippen LogP) is 2.91. The maximum atomic E-state index is 12.0. The van der Waals surface area contributed by atoms with Crippen LogP contribution in [0.1, 0.15) is 34.1 Å². The Kier molecular flexibility index (Phi) is 3.66. The largest absolute Gasteiger partial charge is 0.497 e. The lowest BCUT2D eigenvalue weighted by Crippen LogP contribution is -2.58. The molecule has 0 aromatic heterocycles. The van der Waals surface area contributed by atoms with Crippen LogP contribution < -0.4 is 10.1 Å². The van der Waals surface area contributed by atoms with Crippen LogP contribution in [0.25, 0.3) is 0 Å². The number of carbonyl (C=O) groups is 1. The summed E-state index contributed by atoms with van der Waals surface area (Å²) in [5.74, 6) is -0.239. The van der Waals surface area contributed by atoms with E-state index < -0.39 is 22.7 Å². The summed E-state index contributed by atoms with van der Waals surface area (Å²) >= 11 is 0. The molecule has 0 spiro atoms. The molecule has 0 saturated carbocycles. The Morgan fingerprint density at radius 1 is 1.33 bits per heavy atom. The van der Waals surface area contributed by atoms with Gasteiger partial charge in [0.15, 0.2) is 5.54 Å². The Bertz CT molecular complexity index is 553. The van der Waals surface area contributed by atoms with E-state index >= 15 is 0 Å². The molecule has 1 aromatic rings. The van der Waals surface area contributed by atoms with Crippen LogP contribution in [0.2, 0.25) is 0 Å². The summed E-state index contributed by atoms with van der Waals surface area (Å²) in [6.07, 6.45) is 0.375. The van der Waals surface area contributed by atoms with Gasteiger partial charge in [0.05, 0.1) is 18.3 Å². The third kappa shape index (κ3) is 2.70. The molecule has 1 fully saturated rings. The molecule has 5 nitrogen and oxygen atoms in total. The van der Waals surface area contributed by atoms with Crippen LogP contribution in [-0.4, -0.2) is 34.9 Å². The van der Waals surface area contributed by atoms with Gasteiger partial charge in [-0.1, -0.05) is 6.07 Å². The van der Waals surface area contributed by atoms with Crippen LogP contribution in [0.4, 0.5) is 5.69 Å². The zero-order valence-corrected chi connectivity index (χ0v) is 13.2. The molecule has 0 radical (unpaired) electrons. The van der Waals surface area contributed by atoms with Crippen LogP contribution in [-0.2, 0) is 9.53 Å². The first-order chi connectivity index (χ1) is 9.62. The lowest BCUT2D eigenvalue weighted by atomic mass is 9.78. The van der Waals surface area contributed by atoms with Gasteiger partial charge in [-0.25, -0.2) is 4.79 Å². The van der Waals surface area contributed by atoms with Crippen LogP contribution in [0.15, 0.2) is 24.3 Å². The van der Waals surface area contributed by atoms with Gasteiger partial charge in [-0.3, -0.25) is 0 Å². The number of carboxylic acid groups (broad SMARTS) is 1. The van der Waals surface area contributed by atoms with Crippen molar-refractivity contribution in [3.05, 3.63) is 24.3 Å². The highest BCUT2D eigenvalue weighted by Crippen LogP contribution is 2.47. The summed E-state index contributed by atoms with van der Waals surface area (Å²) in [5.41, 5.74) is -1.84. The molecule has 0 amide bonds. The molecule has 1 atom stereocenters. The van der Waals surface area contributed by atoms with E-state index in [0.29, 0.717) is 17.9 Å². The fourth-order valence-corrected chi connectivity index (χ4v) is 3.19. The van der Waals surface area contributed by atoms with Gasteiger partial charge in [-0.05, 0) is 39.8 Å². The van der Waals surface area contributed by atoms with Gasteiger partial charge in [0.1, 0.15) is 5.75 Å². The van der Waals surface area contributed by atoms with Crippen molar-refractivity contribution in [3.63, 3.8) is 0 Å². The molecule has 1 aliphatic rings. The van der Waals surface area contributed by atoms with Gasteiger partial charge >= 0.3 is 5.97 Å². The van der Waals surface area contributed by atoms with Crippen molar-refractivity contribution in [3.8, 4) is 5.75 Å². The quantitative estimate of drug-likeness (QED) is 0.893. The van der Waals surface area contributed by atoms with Gasteiger partial charge in [0.2, 0.25) is 0 Å². The Labute approximate surface area is 125 Å². The first kappa shape index (κ1) is 15.6. The fourth-order valence-electron chi connectivity index (χ4n) is 3.19. The molecule has 2 N–H and O–H groups in total. The van der Waals surface area contributed by atoms with E-state index in [-0.39, 0.29) is 0 Å². The molecular formula is C16H23NO4. The summed E-state index contributed by atoms with van der Waals surface area (Å²) in [5, 5.41) is 13.0. The number of benzene rings is 1. The number of carboxylic acids is 1. The third-order valence-electron chi connectivity index (χ3n) is 4.04. The van der Waals surface area contributed by atoms with Gasteiger partial charge in [0, 0.05) is 18.2 Å². The fraction of sp³-hybridized carbons (Fsp3) is 0.562. The second-order valence-corrected chi connectivity index (χ2v) is 6.62. The second-order valence-electron chi connectivity index (χ2n) is 6.62. The zero-order chi connectivity index (χ0) is 15.9. The number of methoxy groups -OCH3 is 1. The summed E-state index contributed by atoms with van der Waals surface area (Å²) < 4.78 is 11.2. The Balaban J connectivity index is 2.42. The minimum Gasteiger partial charge on any atom is -0.497 e. The highest BCUT2D eigenvalue weighted by atomic mass is 16.5. The first-order valence-corrected chi connectivity index (χ1v) is 6.98. The van der Waals surface area contributed by atoms with Gasteiger partial charge in [-0.2, -0.15) is 0 Å². The molecule has 1 aromatic carbocycles. The molecule has 1 heterocycles. The molecule has 0 bridgehead atoms. The van der Waals surface area contributed by atoms with E-state index in [4.69, 9.17) is 9.47 Å². The SMILES string of the molecule is COc1cccc(NC2(C(=O)O)CC(C)(C)OC2(C)C)c1. The smallest absolute Gasteiger partial charge is 0.332 e. The van der Waals surface area contributed by atoms with Crippen LogP contribution in [0.5, 0.6) is 5.75 Å². The normalized spacial score (nSPS) is 26.3. The van der Waals surface area contributed by atoms with Crippen molar-refractivity contribution in [2.45, 2.75) is 50.9 Å². The van der Waals surface area contributed by atoms with E-state index in [1.165, 1.54) is 0 Å². The summed E-state index contributed by atoms with van der Waals surface area (Å²) in [6, 6.07) is 7.25. The second kappa shape index (κ2) is 4.91. The van der Waals surface area contributed by atoms with Gasteiger partial charge in [-0.15, -0.1) is 0 Å².